The lowest BCUT2D eigenvalue weighted by Gasteiger charge is -2.41. The molecule has 51 heavy (non-hydrogen) atoms. The number of amides is 4. The molecule has 0 bridgehead atoms. The number of likely N-dealkylation sites (tertiary alicyclic amines) is 3. The molecule has 5 heterocycles. The summed E-state index contributed by atoms with van der Waals surface area (Å²) >= 11 is 0. The van der Waals surface area contributed by atoms with E-state index in [-0.39, 0.29) is 23.9 Å². The first-order chi connectivity index (χ1) is 24.7. The maximum absolute atomic E-state index is 13.3. The van der Waals surface area contributed by atoms with E-state index in [1.165, 1.54) is 19.1 Å². The molecular weight excluding hydrogens is 652 g/mol. The van der Waals surface area contributed by atoms with E-state index in [2.05, 4.69) is 66.4 Å². The highest BCUT2D eigenvalue weighted by Crippen LogP contribution is 2.35. The third kappa shape index (κ3) is 6.65. The number of imidazole rings is 2. The normalized spacial score (nSPS) is 20.5. The Kier molecular flexibility index (Phi) is 9.48. The summed E-state index contributed by atoms with van der Waals surface area (Å²) in [6.45, 7) is 3.42. The number of methoxy groups -OCH3 is 2. The van der Waals surface area contributed by atoms with Crippen molar-refractivity contribution in [3.63, 3.8) is 0 Å². The molecule has 4 aromatic rings. The molecule has 4 atom stereocenters. The second-order valence-electron chi connectivity index (χ2n) is 13.2. The standard InChI is InChI=1S/C37H42N8O6/c1-22(40-36(48)50-2)34(46)43-17-4-6-29(43)32-38-20-27(41-32)25-12-8-23(9-13-25)24-10-14-26(15-11-24)28-21-39-33(42-28)30-7-5-18-44(30)35(47)31-16-19-45(31)37(49)51-3/h8-15,20-22,29-31H,4-7,16-19H2,1-3H3,(H,38,41)(H,39,42)(H,40,48)/t22-,29-,30-,31-/m0/s1. The minimum atomic E-state index is -0.703. The lowest BCUT2D eigenvalue weighted by atomic mass is 10.0. The van der Waals surface area contributed by atoms with Gasteiger partial charge in [-0.15, -0.1) is 0 Å². The van der Waals surface area contributed by atoms with Gasteiger partial charge in [0.25, 0.3) is 0 Å². The monoisotopic (exact) mass is 694 g/mol. The van der Waals surface area contributed by atoms with Crippen LogP contribution in [-0.2, 0) is 19.1 Å². The van der Waals surface area contributed by atoms with Crippen LogP contribution in [0, 0.1) is 0 Å². The van der Waals surface area contributed by atoms with Crippen molar-refractivity contribution in [3.8, 4) is 33.6 Å². The van der Waals surface area contributed by atoms with Crippen molar-refractivity contribution in [3.05, 3.63) is 72.6 Å². The number of alkyl carbamates (subject to hydrolysis) is 1. The van der Waals surface area contributed by atoms with Crippen LogP contribution in [0.2, 0.25) is 0 Å². The minimum Gasteiger partial charge on any atom is -0.453 e. The molecule has 3 fully saturated rings. The number of carbonyl (C=O) groups excluding carboxylic acids is 4. The Labute approximate surface area is 295 Å². The largest absolute Gasteiger partial charge is 0.453 e. The second kappa shape index (κ2) is 14.3. The maximum atomic E-state index is 13.3. The highest BCUT2D eigenvalue weighted by molar-refractivity contribution is 5.88. The molecule has 3 aliphatic heterocycles. The molecule has 0 radical (unpaired) electrons. The Morgan fingerprint density at radius 1 is 0.706 bits per heavy atom. The average molecular weight is 695 g/mol. The Balaban J connectivity index is 0.988. The predicted octanol–water partition coefficient (Wildman–Crippen LogP) is 5.05. The number of ether oxygens (including phenoxy) is 2. The maximum Gasteiger partial charge on any atom is 0.410 e. The third-order valence-corrected chi connectivity index (χ3v) is 10.2. The number of rotatable bonds is 8. The Morgan fingerprint density at radius 3 is 1.71 bits per heavy atom. The Bertz CT molecular complexity index is 1900. The molecule has 3 aliphatic rings. The van der Waals surface area contributed by atoms with E-state index in [4.69, 9.17) is 4.74 Å². The molecule has 2 aromatic carbocycles. The molecule has 0 saturated carbocycles. The van der Waals surface area contributed by atoms with Crippen molar-refractivity contribution < 1.29 is 28.7 Å². The number of benzene rings is 2. The number of aromatic nitrogens is 4. The summed E-state index contributed by atoms with van der Waals surface area (Å²) in [6.07, 6.45) is 6.47. The molecule has 4 amide bonds. The number of hydrogen-bond acceptors (Lipinski definition) is 8. The van der Waals surface area contributed by atoms with Crippen molar-refractivity contribution in [2.24, 2.45) is 0 Å². The van der Waals surface area contributed by atoms with Gasteiger partial charge in [0, 0.05) is 19.6 Å². The minimum absolute atomic E-state index is 0.0519. The van der Waals surface area contributed by atoms with Crippen LogP contribution >= 0.6 is 0 Å². The summed E-state index contributed by atoms with van der Waals surface area (Å²) < 4.78 is 9.47. The summed E-state index contributed by atoms with van der Waals surface area (Å²) in [5.74, 6) is 1.25. The fourth-order valence-corrected chi connectivity index (χ4v) is 7.34. The van der Waals surface area contributed by atoms with Crippen LogP contribution in [0.3, 0.4) is 0 Å². The number of hydrogen-bond donors (Lipinski definition) is 3. The van der Waals surface area contributed by atoms with Gasteiger partial charge in [0.15, 0.2) is 0 Å². The number of aromatic amines is 2. The predicted molar refractivity (Wildman–Crippen MR) is 187 cm³/mol. The Morgan fingerprint density at radius 2 is 1.22 bits per heavy atom. The van der Waals surface area contributed by atoms with Crippen molar-refractivity contribution in [2.45, 2.75) is 63.2 Å². The van der Waals surface area contributed by atoms with Gasteiger partial charge in [-0.3, -0.25) is 14.5 Å². The SMILES string of the molecule is COC(=O)N[C@@H](C)C(=O)N1CCC[C@H]1c1ncc(-c2ccc(-c3ccc(-c4cnc([C@@H]5CCCN5C(=O)[C@@H]5CCN5C(=O)OC)[nH]4)cc3)cc2)[nH]1. The fraction of sp³-hybridized carbons (Fsp3) is 0.405. The van der Waals surface area contributed by atoms with E-state index in [1.54, 1.807) is 18.0 Å². The second-order valence-corrected chi connectivity index (χ2v) is 13.2. The van der Waals surface area contributed by atoms with Crippen LogP contribution in [0.4, 0.5) is 9.59 Å². The Hall–Kier alpha value is -5.66. The molecule has 266 valence electrons. The highest BCUT2D eigenvalue weighted by atomic mass is 16.5. The van der Waals surface area contributed by atoms with Crippen molar-refractivity contribution in [1.29, 1.82) is 0 Å². The van der Waals surface area contributed by atoms with E-state index in [0.29, 0.717) is 26.1 Å². The van der Waals surface area contributed by atoms with Crippen LogP contribution in [0.15, 0.2) is 60.9 Å². The van der Waals surface area contributed by atoms with Gasteiger partial charge in [-0.25, -0.2) is 19.6 Å². The quantitative estimate of drug-likeness (QED) is 0.231. The third-order valence-electron chi connectivity index (χ3n) is 10.2. The lowest BCUT2D eigenvalue weighted by Crippen LogP contribution is -2.58. The molecule has 14 heteroatoms. The van der Waals surface area contributed by atoms with E-state index >= 15 is 0 Å². The van der Waals surface area contributed by atoms with Gasteiger partial charge in [0.2, 0.25) is 11.8 Å². The van der Waals surface area contributed by atoms with E-state index < -0.39 is 24.3 Å². The molecule has 14 nitrogen and oxygen atoms in total. The first kappa shape index (κ1) is 33.8. The molecule has 0 aliphatic carbocycles. The molecular formula is C37H42N8O6. The molecule has 0 spiro atoms. The summed E-state index contributed by atoms with van der Waals surface area (Å²) in [5, 5.41) is 2.56. The van der Waals surface area contributed by atoms with Crippen LogP contribution < -0.4 is 5.32 Å². The van der Waals surface area contributed by atoms with Gasteiger partial charge < -0.3 is 34.6 Å². The number of H-pyrrole nitrogens is 2. The summed E-state index contributed by atoms with van der Waals surface area (Å²) in [4.78, 5) is 71.3. The topological polar surface area (TPSA) is 166 Å². The summed E-state index contributed by atoms with van der Waals surface area (Å²) in [7, 11) is 2.60. The average Bonchev–Trinajstić information content (AvgIpc) is 3.97. The van der Waals surface area contributed by atoms with Gasteiger partial charge in [-0.05, 0) is 61.3 Å². The lowest BCUT2D eigenvalue weighted by molar-refractivity contribution is -0.141. The smallest absolute Gasteiger partial charge is 0.410 e. The number of nitrogens with zero attached hydrogens (tertiary/aromatic N) is 5. The highest BCUT2D eigenvalue weighted by Gasteiger charge is 2.44. The van der Waals surface area contributed by atoms with Crippen LogP contribution in [0.1, 0.15) is 62.8 Å². The van der Waals surface area contributed by atoms with Crippen molar-refractivity contribution in [2.75, 3.05) is 33.9 Å². The van der Waals surface area contributed by atoms with E-state index in [1.807, 2.05) is 23.2 Å². The van der Waals surface area contributed by atoms with Crippen LogP contribution in [-0.4, -0.2) is 105 Å². The number of nitrogens with one attached hydrogen (secondary N) is 3. The molecule has 0 unspecified atom stereocenters. The zero-order valence-electron chi connectivity index (χ0n) is 28.9. The van der Waals surface area contributed by atoms with Gasteiger partial charge >= 0.3 is 12.2 Å². The molecule has 3 saturated heterocycles. The fourth-order valence-electron chi connectivity index (χ4n) is 7.34. The number of carbonyl (C=O) groups is 4. The van der Waals surface area contributed by atoms with Crippen LogP contribution in [0.25, 0.3) is 33.6 Å². The first-order valence-electron chi connectivity index (χ1n) is 17.4. The molecule has 7 rings (SSSR count). The summed E-state index contributed by atoms with van der Waals surface area (Å²) in [6, 6.07) is 15.0. The molecule has 3 N–H and O–H groups in total. The molecule has 2 aromatic heterocycles. The van der Waals surface area contributed by atoms with Gasteiger partial charge in [-0.1, -0.05) is 48.5 Å². The summed E-state index contributed by atoms with van der Waals surface area (Å²) in [5.41, 5.74) is 5.82. The first-order valence-corrected chi connectivity index (χ1v) is 17.4. The van der Waals surface area contributed by atoms with Gasteiger partial charge in [0.05, 0.1) is 50.1 Å². The van der Waals surface area contributed by atoms with Gasteiger partial charge in [0.1, 0.15) is 23.7 Å². The zero-order chi connectivity index (χ0) is 35.6. The van der Waals surface area contributed by atoms with E-state index in [0.717, 1.165) is 71.0 Å². The van der Waals surface area contributed by atoms with Crippen molar-refractivity contribution >= 4 is 24.0 Å². The van der Waals surface area contributed by atoms with Crippen molar-refractivity contribution in [1.82, 2.24) is 40.0 Å². The van der Waals surface area contributed by atoms with E-state index in [9.17, 15) is 19.2 Å². The van der Waals surface area contributed by atoms with Gasteiger partial charge in [-0.2, -0.15) is 0 Å². The van der Waals surface area contributed by atoms with Crippen LogP contribution in [0.5, 0.6) is 0 Å². The zero-order valence-corrected chi connectivity index (χ0v) is 28.9.